The summed E-state index contributed by atoms with van der Waals surface area (Å²) < 4.78 is 4.94. The number of hydrogen-bond donors (Lipinski definition) is 2. The van der Waals surface area contributed by atoms with Gasteiger partial charge in [-0.2, -0.15) is 0 Å². The molecule has 0 aliphatic heterocycles. The van der Waals surface area contributed by atoms with Crippen LogP contribution in [0.5, 0.6) is 0 Å². The minimum Gasteiger partial charge on any atom is -0.451 e. The Morgan fingerprint density at radius 3 is 2.27 bits per heavy atom. The Bertz CT molecular complexity index is 574. The number of benzene rings is 1. The maximum atomic E-state index is 12.2. The van der Waals surface area contributed by atoms with Crippen molar-refractivity contribution in [1.82, 2.24) is 5.32 Å². The van der Waals surface area contributed by atoms with E-state index in [2.05, 4.69) is 5.32 Å². The van der Waals surface area contributed by atoms with Crippen molar-refractivity contribution in [2.45, 2.75) is 32.9 Å². The highest BCUT2D eigenvalue weighted by molar-refractivity contribution is 6.33. The van der Waals surface area contributed by atoms with Gasteiger partial charge in [-0.05, 0) is 25.0 Å². The quantitative estimate of drug-likeness (QED) is 0.774. The largest absolute Gasteiger partial charge is 0.451 e. The molecule has 0 spiro atoms. The van der Waals surface area contributed by atoms with Gasteiger partial charge < -0.3 is 15.8 Å². The van der Waals surface area contributed by atoms with Gasteiger partial charge in [0, 0.05) is 0 Å². The normalized spacial score (nSPS) is 13.3. The zero-order valence-corrected chi connectivity index (χ0v) is 13.4. The van der Waals surface area contributed by atoms with E-state index in [-0.39, 0.29) is 16.5 Å². The van der Waals surface area contributed by atoms with Crippen LogP contribution in [-0.2, 0) is 14.3 Å². The lowest BCUT2D eigenvalue weighted by atomic mass is 10.0. The van der Waals surface area contributed by atoms with Gasteiger partial charge in [0.05, 0.1) is 10.6 Å². The summed E-state index contributed by atoms with van der Waals surface area (Å²) in [5.41, 5.74) is 5.31. The molecule has 0 radical (unpaired) electrons. The van der Waals surface area contributed by atoms with Crippen molar-refractivity contribution >= 4 is 29.4 Å². The highest BCUT2D eigenvalue weighted by atomic mass is 35.5. The minimum atomic E-state index is -1.06. The number of carbonyl (C=O) groups is 3. The molecule has 1 rings (SSSR count). The van der Waals surface area contributed by atoms with Crippen LogP contribution in [-0.4, -0.2) is 29.9 Å². The molecule has 0 aliphatic carbocycles. The van der Waals surface area contributed by atoms with Crippen LogP contribution >= 0.6 is 11.6 Å². The lowest BCUT2D eigenvalue weighted by Gasteiger charge is -2.22. The first-order chi connectivity index (χ1) is 10.2. The summed E-state index contributed by atoms with van der Waals surface area (Å²) in [5.74, 6) is -2.21. The molecule has 0 heterocycles. The Morgan fingerprint density at radius 2 is 1.77 bits per heavy atom. The number of nitrogens with one attached hydrogen (secondary N) is 1. The number of carbonyl (C=O) groups excluding carboxylic acids is 3. The number of rotatable bonds is 6. The molecule has 3 N–H and O–H groups in total. The number of amides is 2. The third-order valence-corrected chi connectivity index (χ3v) is 3.35. The van der Waals surface area contributed by atoms with Gasteiger partial charge >= 0.3 is 5.97 Å². The fourth-order valence-electron chi connectivity index (χ4n) is 1.67. The summed E-state index contributed by atoms with van der Waals surface area (Å²) in [6, 6.07) is 5.58. The van der Waals surface area contributed by atoms with E-state index in [0.29, 0.717) is 0 Å². The summed E-state index contributed by atoms with van der Waals surface area (Å²) in [5, 5.41) is 2.85. The van der Waals surface area contributed by atoms with Crippen molar-refractivity contribution in [3.05, 3.63) is 34.9 Å². The van der Waals surface area contributed by atoms with Gasteiger partial charge in [-0.3, -0.25) is 9.59 Å². The van der Waals surface area contributed by atoms with E-state index in [1.54, 1.807) is 38.1 Å². The third kappa shape index (κ3) is 4.73. The van der Waals surface area contributed by atoms with E-state index >= 15 is 0 Å². The molecule has 6 nitrogen and oxygen atoms in total. The lowest BCUT2D eigenvalue weighted by Crippen LogP contribution is -2.47. The predicted molar refractivity (Wildman–Crippen MR) is 82.3 cm³/mol. The third-order valence-electron chi connectivity index (χ3n) is 3.02. The molecule has 2 atom stereocenters. The molecule has 7 heteroatoms. The molecule has 0 aromatic heterocycles. The Kier molecular flexibility index (Phi) is 6.37. The predicted octanol–water partition coefficient (Wildman–Crippen LogP) is 1.51. The average Bonchev–Trinajstić information content (AvgIpc) is 2.44. The zero-order chi connectivity index (χ0) is 16.9. The van der Waals surface area contributed by atoms with Gasteiger partial charge in [0.25, 0.3) is 11.8 Å². The minimum absolute atomic E-state index is 0.237. The standard InChI is InChI=1S/C15H19ClN2O4/c1-8(2)12(15(21)22-9(3)13(17)19)18-14(20)10-6-4-5-7-11(10)16/h4-9,12H,1-3H3,(H2,17,19)(H,18,20)/t9-,12+/m1/s1. The number of ether oxygens (including phenoxy) is 1. The highest BCUT2D eigenvalue weighted by Gasteiger charge is 2.29. The Morgan fingerprint density at radius 1 is 1.18 bits per heavy atom. The van der Waals surface area contributed by atoms with Crippen molar-refractivity contribution < 1.29 is 19.1 Å². The lowest BCUT2D eigenvalue weighted by molar-refractivity contribution is -0.156. The molecule has 0 saturated heterocycles. The summed E-state index contributed by atoms with van der Waals surface area (Å²) >= 11 is 5.95. The van der Waals surface area contributed by atoms with Crippen molar-refractivity contribution in [2.75, 3.05) is 0 Å². The molecule has 22 heavy (non-hydrogen) atoms. The molecule has 120 valence electrons. The van der Waals surface area contributed by atoms with E-state index < -0.39 is 29.9 Å². The van der Waals surface area contributed by atoms with Crippen LogP contribution in [0.15, 0.2) is 24.3 Å². The second-order valence-corrected chi connectivity index (χ2v) is 5.56. The molecule has 0 unspecified atom stereocenters. The molecule has 0 saturated carbocycles. The molecule has 0 aliphatic rings. The molecule has 2 amide bonds. The van der Waals surface area contributed by atoms with E-state index in [9.17, 15) is 14.4 Å². The number of primary amides is 1. The van der Waals surface area contributed by atoms with Gasteiger partial charge in [-0.25, -0.2) is 4.79 Å². The summed E-state index contributed by atoms with van der Waals surface area (Å²) in [6.07, 6.45) is -1.06. The van der Waals surface area contributed by atoms with Gasteiger partial charge in [-0.15, -0.1) is 0 Å². The first-order valence-corrected chi connectivity index (χ1v) is 7.17. The Labute approximate surface area is 134 Å². The fraction of sp³-hybridized carbons (Fsp3) is 0.400. The second kappa shape index (κ2) is 7.79. The SMILES string of the molecule is CC(C)[C@H](NC(=O)c1ccccc1Cl)C(=O)O[C@H](C)C(N)=O. The van der Waals surface area contributed by atoms with Crippen LogP contribution in [0.2, 0.25) is 5.02 Å². The van der Waals surface area contributed by atoms with Crippen LogP contribution in [0.4, 0.5) is 0 Å². The van der Waals surface area contributed by atoms with Crippen LogP contribution in [0.3, 0.4) is 0 Å². The topological polar surface area (TPSA) is 98.5 Å². The van der Waals surface area contributed by atoms with Crippen molar-refractivity contribution in [2.24, 2.45) is 11.7 Å². The number of nitrogens with two attached hydrogens (primary N) is 1. The number of esters is 1. The first-order valence-electron chi connectivity index (χ1n) is 6.79. The Hall–Kier alpha value is -2.08. The first kappa shape index (κ1) is 18.0. The van der Waals surface area contributed by atoms with Crippen LogP contribution in [0, 0.1) is 5.92 Å². The van der Waals surface area contributed by atoms with Gasteiger partial charge in [-0.1, -0.05) is 37.6 Å². The van der Waals surface area contributed by atoms with Crippen LogP contribution < -0.4 is 11.1 Å². The van der Waals surface area contributed by atoms with Gasteiger partial charge in [0.2, 0.25) is 0 Å². The molecular weight excluding hydrogens is 308 g/mol. The van der Waals surface area contributed by atoms with E-state index in [0.717, 1.165) is 0 Å². The second-order valence-electron chi connectivity index (χ2n) is 5.16. The molecular formula is C15H19ClN2O4. The van der Waals surface area contributed by atoms with Gasteiger partial charge in [0.1, 0.15) is 6.04 Å². The fourth-order valence-corrected chi connectivity index (χ4v) is 1.89. The van der Waals surface area contributed by atoms with Crippen molar-refractivity contribution in [3.63, 3.8) is 0 Å². The smallest absolute Gasteiger partial charge is 0.329 e. The summed E-state index contributed by atoms with van der Waals surface area (Å²) in [7, 11) is 0. The van der Waals surface area contributed by atoms with E-state index in [1.807, 2.05) is 0 Å². The summed E-state index contributed by atoms with van der Waals surface area (Å²) in [6.45, 7) is 4.86. The van der Waals surface area contributed by atoms with Crippen molar-refractivity contribution in [1.29, 1.82) is 0 Å². The number of halogens is 1. The summed E-state index contributed by atoms with van der Waals surface area (Å²) in [4.78, 5) is 35.2. The van der Waals surface area contributed by atoms with E-state index in [4.69, 9.17) is 22.1 Å². The molecule has 0 fully saturated rings. The number of hydrogen-bond acceptors (Lipinski definition) is 4. The van der Waals surface area contributed by atoms with Crippen LogP contribution in [0.25, 0.3) is 0 Å². The molecule has 1 aromatic rings. The maximum absolute atomic E-state index is 12.2. The molecule has 1 aromatic carbocycles. The van der Waals surface area contributed by atoms with E-state index in [1.165, 1.54) is 6.92 Å². The van der Waals surface area contributed by atoms with Crippen molar-refractivity contribution in [3.8, 4) is 0 Å². The maximum Gasteiger partial charge on any atom is 0.329 e. The molecule has 0 bridgehead atoms. The average molecular weight is 327 g/mol. The highest BCUT2D eigenvalue weighted by Crippen LogP contribution is 2.16. The zero-order valence-electron chi connectivity index (χ0n) is 12.6. The van der Waals surface area contributed by atoms with Crippen LogP contribution in [0.1, 0.15) is 31.1 Å². The van der Waals surface area contributed by atoms with Gasteiger partial charge in [0.15, 0.2) is 6.10 Å². The Balaban J connectivity index is 2.84. The monoisotopic (exact) mass is 326 g/mol.